The number of aryl methyl sites for hydroxylation is 2. The highest BCUT2D eigenvalue weighted by Gasteiger charge is 2.09. The molecule has 1 heterocycles. The summed E-state index contributed by atoms with van der Waals surface area (Å²) in [5.41, 5.74) is 9.30. The maximum Gasteiger partial charge on any atom is 0.123 e. The SMILES string of the molecule is CCc1ccc(N(C)Cc2cc(CN)c(C)o2)cc1. The average Bonchev–Trinajstić information content (AvgIpc) is 2.78. The number of hydrogen-bond acceptors (Lipinski definition) is 3. The van der Waals surface area contributed by atoms with Crippen LogP contribution in [0.3, 0.4) is 0 Å². The molecule has 3 heteroatoms. The molecule has 0 aliphatic heterocycles. The van der Waals surface area contributed by atoms with E-state index >= 15 is 0 Å². The molecule has 2 rings (SSSR count). The standard InChI is InChI=1S/C16H22N2O/c1-4-13-5-7-15(8-6-13)18(3)11-16-9-14(10-17)12(2)19-16/h5-9H,4,10-11,17H2,1-3H3. The first-order valence-corrected chi connectivity index (χ1v) is 6.72. The number of rotatable bonds is 5. The fourth-order valence-electron chi connectivity index (χ4n) is 2.18. The van der Waals surface area contributed by atoms with Crippen molar-refractivity contribution in [2.24, 2.45) is 5.73 Å². The zero-order valence-electron chi connectivity index (χ0n) is 11.9. The van der Waals surface area contributed by atoms with Gasteiger partial charge < -0.3 is 15.1 Å². The fraction of sp³-hybridized carbons (Fsp3) is 0.375. The van der Waals surface area contributed by atoms with Crippen LogP contribution in [0.1, 0.15) is 29.6 Å². The molecule has 0 saturated carbocycles. The van der Waals surface area contributed by atoms with Crippen molar-refractivity contribution in [3.8, 4) is 0 Å². The lowest BCUT2D eigenvalue weighted by Gasteiger charge is -2.18. The van der Waals surface area contributed by atoms with Gasteiger partial charge in [-0.05, 0) is 37.1 Å². The van der Waals surface area contributed by atoms with E-state index in [2.05, 4.69) is 43.1 Å². The summed E-state index contributed by atoms with van der Waals surface area (Å²) >= 11 is 0. The number of nitrogens with two attached hydrogens (primary N) is 1. The highest BCUT2D eigenvalue weighted by Crippen LogP contribution is 2.20. The average molecular weight is 258 g/mol. The van der Waals surface area contributed by atoms with E-state index in [1.807, 2.05) is 13.0 Å². The Hall–Kier alpha value is -1.74. The Kier molecular flexibility index (Phi) is 4.27. The summed E-state index contributed by atoms with van der Waals surface area (Å²) in [4.78, 5) is 2.18. The van der Waals surface area contributed by atoms with E-state index in [0.29, 0.717) is 6.54 Å². The van der Waals surface area contributed by atoms with Crippen LogP contribution >= 0.6 is 0 Å². The van der Waals surface area contributed by atoms with E-state index in [4.69, 9.17) is 10.2 Å². The molecule has 1 aromatic heterocycles. The van der Waals surface area contributed by atoms with Crippen molar-refractivity contribution < 1.29 is 4.42 Å². The van der Waals surface area contributed by atoms with Gasteiger partial charge in [0.1, 0.15) is 11.5 Å². The van der Waals surface area contributed by atoms with Crippen LogP contribution in [0, 0.1) is 6.92 Å². The quantitative estimate of drug-likeness (QED) is 0.895. The molecule has 0 atom stereocenters. The summed E-state index contributed by atoms with van der Waals surface area (Å²) < 4.78 is 5.72. The van der Waals surface area contributed by atoms with Crippen LogP contribution in [0.2, 0.25) is 0 Å². The van der Waals surface area contributed by atoms with Crippen LogP contribution in [0.15, 0.2) is 34.7 Å². The third kappa shape index (κ3) is 3.18. The number of benzene rings is 1. The Morgan fingerprint density at radius 2 is 1.89 bits per heavy atom. The van der Waals surface area contributed by atoms with Gasteiger partial charge in [0.2, 0.25) is 0 Å². The molecule has 0 spiro atoms. The Labute approximate surface area is 115 Å². The molecule has 0 fully saturated rings. The zero-order chi connectivity index (χ0) is 13.8. The maximum atomic E-state index is 5.72. The van der Waals surface area contributed by atoms with Gasteiger partial charge in [0, 0.05) is 24.8 Å². The molecule has 19 heavy (non-hydrogen) atoms. The highest BCUT2D eigenvalue weighted by molar-refractivity contribution is 5.47. The number of hydrogen-bond donors (Lipinski definition) is 1. The lowest BCUT2D eigenvalue weighted by molar-refractivity contribution is 0.479. The Bertz CT molecular complexity index is 528. The topological polar surface area (TPSA) is 42.4 Å². The van der Waals surface area contributed by atoms with E-state index in [0.717, 1.165) is 30.0 Å². The molecular formula is C16H22N2O. The predicted octanol–water partition coefficient (Wildman–Crippen LogP) is 3.25. The van der Waals surface area contributed by atoms with Crippen molar-refractivity contribution in [2.45, 2.75) is 33.4 Å². The molecule has 0 radical (unpaired) electrons. The first kappa shape index (κ1) is 13.7. The second-order valence-corrected chi connectivity index (χ2v) is 4.87. The van der Waals surface area contributed by atoms with Gasteiger partial charge in [0.25, 0.3) is 0 Å². The van der Waals surface area contributed by atoms with E-state index in [1.54, 1.807) is 0 Å². The molecule has 0 unspecified atom stereocenters. The zero-order valence-corrected chi connectivity index (χ0v) is 11.9. The molecule has 0 saturated heterocycles. The lowest BCUT2D eigenvalue weighted by Crippen LogP contribution is -2.15. The van der Waals surface area contributed by atoms with Gasteiger partial charge in [-0.15, -0.1) is 0 Å². The van der Waals surface area contributed by atoms with E-state index < -0.39 is 0 Å². The van der Waals surface area contributed by atoms with Crippen molar-refractivity contribution in [3.05, 3.63) is 53.0 Å². The van der Waals surface area contributed by atoms with Gasteiger partial charge in [-0.2, -0.15) is 0 Å². The van der Waals surface area contributed by atoms with Crippen LogP contribution in [0.5, 0.6) is 0 Å². The van der Waals surface area contributed by atoms with Crippen molar-refractivity contribution in [1.82, 2.24) is 0 Å². The van der Waals surface area contributed by atoms with Crippen molar-refractivity contribution >= 4 is 5.69 Å². The normalized spacial score (nSPS) is 10.7. The maximum absolute atomic E-state index is 5.72. The third-order valence-corrected chi connectivity index (χ3v) is 3.47. The second kappa shape index (κ2) is 5.93. The van der Waals surface area contributed by atoms with Crippen LogP contribution in [-0.2, 0) is 19.5 Å². The molecule has 0 amide bonds. The molecule has 3 nitrogen and oxygen atoms in total. The fourth-order valence-corrected chi connectivity index (χ4v) is 2.18. The predicted molar refractivity (Wildman–Crippen MR) is 79.3 cm³/mol. The summed E-state index contributed by atoms with van der Waals surface area (Å²) in [6, 6.07) is 10.7. The second-order valence-electron chi connectivity index (χ2n) is 4.87. The van der Waals surface area contributed by atoms with Crippen molar-refractivity contribution in [3.63, 3.8) is 0 Å². The van der Waals surface area contributed by atoms with Crippen LogP contribution in [0.25, 0.3) is 0 Å². The monoisotopic (exact) mass is 258 g/mol. The lowest BCUT2D eigenvalue weighted by atomic mass is 10.1. The molecule has 102 valence electrons. The van der Waals surface area contributed by atoms with Crippen LogP contribution in [-0.4, -0.2) is 7.05 Å². The smallest absolute Gasteiger partial charge is 0.123 e. The number of nitrogens with zero attached hydrogens (tertiary/aromatic N) is 1. The molecule has 1 aromatic carbocycles. The number of anilines is 1. The minimum absolute atomic E-state index is 0.532. The minimum atomic E-state index is 0.532. The summed E-state index contributed by atoms with van der Waals surface area (Å²) in [5, 5.41) is 0. The molecule has 0 bridgehead atoms. The Morgan fingerprint density at radius 3 is 2.42 bits per heavy atom. The highest BCUT2D eigenvalue weighted by atomic mass is 16.3. The summed E-state index contributed by atoms with van der Waals surface area (Å²) in [7, 11) is 2.07. The Balaban J connectivity index is 2.08. The molecular weight excluding hydrogens is 236 g/mol. The van der Waals surface area contributed by atoms with Gasteiger partial charge in [0.05, 0.1) is 6.54 Å². The third-order valence-electron chi connectivity index (χ3n) is 3.47. The van der Waals surface area contributed by atoms with E-state index in [-0.39, 0.29) is 0 Å². The molecule has 2 N–H and O–H groups in total. The van der Waals surface area contributed by atoms with Crippen LogP contribution < -0.4 is 10.6 Å². The van der Waals surface area contributed by atoms with E-state index in [1.165, 1.54) is 11.3 Å². The van der Waals surface area contributed by atoms with Crippen LogP contribution in [0.4, 0.5) is 5.69 Å². The molecule has 2 aromatic rings. The largest absolute Gasteiger partial charge is 0.464 e. The van der Waals surface area contributed by atoms with Crippen molar-refractivity contribution in [2.75, 3.05) is 11.9 Å². The summed E-state index contributed by atoms with van der Waals surface area (Å²) in [6.45, 7) is 5.41. The van der Waals surface area contributed by atoms with Gasteiger partial charge in [-0.3, -0.25) is 0 Å². The molecule has 0 aliphatic rings. The number of furan rings is 1. The van der Waals surface area contributed by atoms with Gasteiger partial charge in [-0.25, -0.2) is 0 Å². The Morgan fingerprint density at radius 1 is 1.21 bits per heavy atom. The summed E-state index contributed by atoms with van der Waals surface area (Å²) in [5.74, 6) is 1.88. The van der Waals surface area contributed by atoms with Crippen molar-refractivity contribution in [1.29, 1.82) is 0 Å². The van der Waals surface area contributed by atoms with Gasteiger partial charge in [-0.1, -0.05) is 19.1 Å². The first-order valence-electron chi connectivity index (χ1n) is 6.72. The van der Waals surface area contributed by atoms with Gasteiger partial charge >= 0.3 is 0 Å². The first-order chi connectivity index (χ1) is 9.13. The minimum Gasteiger partial charge on any atom is -0.464 e. The molecule has 0 aliphatic carbocycles. The summed E-state index contributed by atoms with van der Waals surface area (Å²) in [6.07, 6.45) is 1.07. The van der Waals surface area contributed by atoms with Gasteiger partial charge in [0.15, 0.2) is 0 Å². The van der Waals surface area contributed by atoms with E-state index in [9.17, 15) is 0 Å².